The lowest BCUT2D eigenvalue weighted by Gasteiger charge is -2.28. The van der Waals surface area contributed by atoms with Crippen LogP contribution in [0.3, 0.4) is 0 Å². The van der Waals surface area contributed by atoms with E-state index in [9.17, 15) is 8.78 Å². The number of para-hydroxylation sites is 1. The van der Waals surface area contributed by atoms with Gasteiger partial charge in [-0.25, -0.2) is 0 Å². The molecule has 0 saturated carbocycles. The van der Waals surface area contributed by atoms with Gasteiger partial charge in [-0.05, 0) is 24.8 Å². The molecule has 1 aromatic rings. The molecule has 2 N–H and O–H groups in total. The third-order valence-corrected chi connectivity index (χ3v) is 3.59. The lowest BCUT2D eigenvalue weighted by molar-refractivity contribution is -0.287. The van der Waals surface area contributed by atoms with Crippen LogP contribution < -0.4 is 15.2 Å². The predicted molar refractivity (Wildman–Crippen MR) is 70.4 cm³/mol. The molecule has 20 heavy (non-hydrogen) atoms. The molecular formula is C13H16ClF2NO3. The molecule has 0 unspecified atom stereocenters. The Morgan fingerprint density at radius 3 is 2.60 bits per heavy atom. The number of halogens is 3. The van der Waals surface area contributed by atoms with Crippen molar-refractivity contribution < 1.29 is 23.0 Å². The number of ether oxygens (including phenoxy) is 3. The maximum Gasteiger partial charge on any atom is 0.586 e. The van der Waals surface area contributed by atoms with Gasteiger partial charge in [0, 0.05) is 24.8 Å². The third-order valence-electron chi connectivity index (χ3n) is 3.59. The van der Waals surface area contributed by atoms with Gasteiger partial charge in [0.2, 0.25) is 0 Å². The Morgan fingerprint density at radius 1 is 1.20 bits per heavy atom. The second-order valence-electron chi connectivity index (χ2n) is 4.82. The maximum absolute atomic E-state index is 13.1. The molecule has 0 spiro atoms. The van der Waals surface area contributed by atoms with E-state index in [4.69, 9.17) is 10.5 Å². The molecule has 7 heteroatoms. The summed E-state index contributed by atoms with van der Waals surface area (Å²) < 4.78 is 40.5. The van der Waals surface area contributed by atoms with Crippen LogP contribution in [0.1, 0.15) is 24.4 Å². The summed E-state index contributed by atoms with van der Waals surface area (Å²) in [7, 11) is 0. The van der Waals surface area contributed by atoms with Crippen LogP contribution in [0.5, 0.6) is 11.5 Å². The average molecular weight is 308 g/mol. The second kappa shape index (κ2) is 5.71. The molecule has 0 aromatic heterocycles. The van der Waals surface area contributed by atoms with Gasteiger partial charge in [-0.3, -0.25) is 0 Å². The SMILES string of the molecule is Cl.N[C@@H](c1cccc2c1OC(F)(F)O2)C1CCOCC1. The Morgan fingerprint density at radius 2 is 1.90 bits per heavy atom. The van der Waals surface area contributed by atoms with E-state index in [1.807, 2.05) is 0 Å². The van der Waals surface area contributed by atoms with Crippen LogP contribution in [0.2, 0.25) is 0 Å². The summed E-state index contributed by atoms with van der Waals surface area (Å²) >= 11 is 0. The third kappa shape index (κ3) is 2.82. The van der Waals surface area contributed by atoms with Crippen molar-refractivity contribution >= 4 is 12.4 Å². The van der Waals surface area contributed by atoms with Crippen LogP contribution in [-0.4, -0.2) is 19.5 Å². The van der Waals surface area contributed by atoms with Gasteiger partial charge in [-0.2, -0.15) is 0 Å². The van der Waals surface area contributed by atoms with Crippen LogP contribution in [0.25, 0.3) is 0 Å². The van der Waals surface area contributed by atoms with Crippen LogP contribution in [-0.2, 0) is 4.74 Å². The molecule has 1 atom stereocenters. The van der Waals surface area contributed by atoms with E-state index in [0.29, 0.717) is 18.8 Å². The molecule has 0 aliphatic carbocycles. The van der Waals surface area contributed by atoms with E-state index < -0.39 is 6.29 Å². The number of alkyl halides is 2. The number of benzene rings is 1. The van der Waals surface area contributed by atoms with E-state index >= 15 is 0 Å². The first-order valence-corrected chi connectivity index (χ1v) is 6.29. The van der Waals surface area contributed by atoms with E-state index in [-0.39, 0.29) is 35.9 Å². The van der Waals surface area contributed by atoms with Crippen molar-refractivity contribution in [2.24, 2.45) is 11.7 Å². The minimum Gasteiger partial charge on any atom is -0.395 e. The van der Waals surface area contributed by atoms with Crippen molar-refractivity contribution in [2.75, 3.05) is 13.2 Å². The monoisotopic (exact) mass is 307 g/mol. The smallest absolute Gasteiger partial charge is 0.395 e. The van der Waals surface area contributed by atoms with Gasteiger partial charge in [-0.1, -0.05) is 12.1 Å². The van der Waals surface area contributed by atoms with E-state index in [0.717, 1.165) is 12.8 Å². The highest BCUT2D eigenvalue weighted by Gasteiger charge is 2.45. The summed E-state index contributed by atoms with van der Waals surface area (Å²) in [5.41, 5.74) is 6.77. The number of hydrogen-bond donors (Lipinski definition) is 1. The zero-order valence-electron chi connectivity index (χ0n) is 10.7. The van der Waals surface area contributed by atoms with Gasteiger partial charge in [0.15, 0.2) is 11.5 Å². The number of rotatable bonds is 2. The zero-order chi connectivity index (χ0) is 13.5. The fourth-order valence-electron chi connectivity index (χ4n) is 2.58. The van der Waals surface area contributed by atoms with Crippen molar-refractivity contribution in [1.82, 2.24) is 0 Å². The van der Waals surface area contributed by atoms with Crippen molar-refractivity contribution in [3.63, 3.8) is 0 Å². The molecule has 0 bridgehead atoms. The summed E-state index contributed by atoms with van der Waals surface area (Å²) in [6.07, 6.45) is -1.96. The molecule has 3 rings (SSSR count). The fraction of sp³-hybridized carbons (Fsp3) is 0.538. The predicted octanol–water partition coefficient (Wildman–Crippen LogP) is 2.86. The minimum atomic E-state index is -3.60. The molecule has 1 aromatic carbocycles. The van der Waals surface area contributed by atoms with Crippen LogP contribution in [0.4, 0.5) is 8.78 Å². The number of nitrogens with two attached hydrogens (primary N) is 1. The molecule has 1 saturated heterocycles. The van der Waals surface area contributed by atoms with Crippen molar-refractivity contribution in [3.05, 3.63) is 23.8 Å². The molecule has 1 fully saturated rings. The molecular weight excluding hydrogens is 292 g/mol. The maximum atomic E-state index is 13.1. The highest BCUT2D eigenvalue weighted by molar-refractivity contribution is 5.85. The standard InChI is InChI=1S/C13H15F2NO3.ClH/c14-13(15)18-10-3-1-2-9(12(10)19-13)11(16)8-4-6-17-7-5-8;/h1-3,8,11H,4-7,16H2;1H/t11-;/m1./s1. The normalized spacial score (nSPS) is 22.1. The minimum absolute atomic E-state index is 0. The van der Waals surface area contributed by atoms with Crippen molar-refractivity contribution in [1.29, 1.82) is 0 Å². The molecule has 2 aliphatic rings. The number of hydrogen-bond acceptors (Lipinski definition) is 4. The van der Waals surface area contributed by atoms with Gasteiger partial charge in [0.05, 0.1) is 0 Å². The molecule has 0 amide bonds. The summed E-state index contributed by atoms with van der Waals surface area (Å²) in [5.74, 6) is 0.314. The number of fused-ring (bicyclic) bond motifs is 1. The quantitative estimate of drug-likeness (QED) is 0.913. The highest BCUT2D eigenvalue weighted by Crippen LogP contribution is 2.46. The molecule has 2 aliphatic heterocycles. The average Bonchev–Trinajstić information content (AvgIpc) is 2.72. The Labute approximate surface area is 121 Å². The topological polar surface area (TPSA) is 53.7 Å². The lowest BCUT2D eigenvalue weighted by atomic mass is 9.87. The summed E-state index contributed by atoms with van der Waals surface area (Å²) in [5, 5.41) is 0. The van der Waals surface area contributed by atoms with Crippen molar-refractivity contribution in [3.8, 4) is 11.5 Å². The Hall–Kier alpha value is -1.11. The highest BCUT2D eigenvalue weighted by atomic mass is 35.5. The van der Waals surface area contributed by atoms with E-state index in [2.05, 4.69) is 9.47 Å². The first kappa shape index (κ1) is 15.3. The summed E-state index contributed by atoms with van der Waals surface area (Å²) in [6.45, 7) is 1.31. The largest absolute Gasteiger partial charge is 0.586 e. The molecule has 4 nitrogen and oxygen atoms in total. The first-order chi connectivity index (χ1) is 9.07. The van der Waals surface area contributed by atoms with Crippen LogP contribution >= 0.6 is 12.4 Å². The summed E-state index contributed by atoms with van der Waals surface area (Å²) in [6, 6.07) is 4.47. The molecule has 2 heterocycles. The van der Waals surface area contributed by atoms with E-state index in [1.54, 1.807) is 12.1 Å². The van der Waals surface area contributed by atoms with Gasteiger partial charge in [0.1, 0.15) is 0 Å². The van der Waals surface area contributed by atoms with Gasteiger partial charge in [-0.15, -0.1) is 21.2 Å². The molecule has 112 valence electrons. The van der Waals surface area contributed by atoms with Gasteiger partial charge < -0.3 is 19.9 Å². The Balaban J connectivity index is 0.00000147. The van der Waals surface area contributed by atoms with Crippen LogP contribution in [0, 0.1) is 5.92 Å². The van der Waals surface area contributed by atoms with E-state index in [1.165, 1.54) is 6.07 Å². The van der Waals surface area contributed by atoms with Gasteiger partial charge in [0.25, 0.3) is 0 Å². The second-order valence-corrected chi connectivity index (χ2v) is 4.82. The van der Waals surface area contributed by atoms with Crippen molar-refractivity contribution in [2.45, 2.75) is 25.2 Å². The van der Waals surface area contributed by atoms with Crippen LogP contribution in [0.15, 0.2) is 18.2 Å². The Bertz CT molecular complexity index is 481. The molecule has 0 radical (unpaired) electrons. The van der Waals surface area contributed by atoms with Gasteiger partial charge >= 0.3 is 6.29 Å². The Kier molecular flexibility index (Phi) is 4.36. The summed E-state index contributed by atoms with van der Waals surface area (Å²) in [4.78, 5) is 0. The zero-order valence-corrected chi connectivity index (χ0v) is 11.5. The lowest BCUT2D eigenvalue weighted by Crippen LogP contribution is -2.29. The fourth-order valence-corrected chi connectivity index (χ4v) is 2.58. The first-order valence-electron chi connectivity index (χ1n) is 6.29.